The maximum Gasteiger partial charge on any atom is 0.232 e. The monoisotopic (exact) mass is 454 g/mol. The van der Waals surface area contributed by atoms with Crippen LogP contribution in [-0.4, -0.2) is 49.9 Å². The van der Waals surface area contributed by atoms with Gasteiger partial charge in [-0.05, 0) is 31.9 Å². The highest BCUT2D eigenvalue weighted by atomic mass is 127. The van der Waals surface area contributed by atoms with E-state index in [0.717, 1.165) is 32.0 Å². The summed E-state index contributed by atoms with van der Waals surface area (Å²) >= 11 is 5.97. The minimum absolute atomic E-state index is 0. The number of hydrogen-bond acceptors (Lipinski definition) is 4. The molecule has 1 aliphatic rings. The van der Waals surface area contributed by atoms with Crippen molar-refractivity contribution in [2.75, 3.05) is 33.4 Å². The van der Waals surface area contributed by atoms with Gasteiger partial charge in [0.1, 0.15) is 11.6 Å². The summed E-state index contributed by atoms with van der Waals surface area (Å²) in [6.07, 6.45) is 3.83. The number of nitrogens with zero attached hydrogens (tertiary/aromatic N) is 2. The van der Waals surface area contributed by atoms with E-state index in [-0.39, 0.29) is 29.6 Å². The molecule has 1 aliphatic heterocycles. The summed E-state index contributed by atoms with van der Waals surface area (Å²) in [7, 11) is 1.74. The van der Waals surface area contributed by atoms with Gasteiger partial charge in [-0.3, -0.25) is 4.99 Å². The minimum Gasteiger partial charge on any atom is -0.475 e. The zero-order valence-corrected chi connectivity index (χ0v) is 16.6. The molecule has 6 nitrogen and oxygen atoms in total. The molecule has 2 rings (SSSR count). The van der Waals surface area contributed by atoms with Crippen LogP contribution in [0.3, 0.4) is 0 Å². The van der Waals surface area contributed by atoms with Gasteiger partial charge in [-0.15, -0.1) is 24.0 Å². The van der Waals surface area contributed by atoms with Crippen molar-refractivity contribution < 1.29 is 9.47 Å². The van der Waals surface area contributed by atoms with Crippen LogP contribution in [0.2, 0.25) is 5.02 Å². The molecule has 8 heteroatoms. The summed E-state index contributed by atoms with van der Waals surface area (Å²) in [6.45, 7) is 4.74. The van der Waals surface area contributed by atoms with Gasteiger partial charge < -0.3 is 20.1 Å². The maximum absolute atomic E-state index is 5.97. The summed E-state index contributed by atoms with van der Waals surface area (Å²) in [5.41, 5.74) is -0.102. The molecule has 1 saturated heterocycles. The van der Waals surface area contributed by atoms with E-state index in [2.05, 4.69) is 27.5 Å². The summed E-state index contributed by atoms with van der Waals surface area (Å²) in [5, 5.41) is 6.98. The molecule has 0 bridgehead atoms. The quantitative estimate of drug-likeness (QED) is 0.299. The normalized spacial score (nSPS) is 20.7. The predicted molar refractivity (Wildman–Crippen MR) is 103 cm³/mol. The number of halogens is 2. The Bertz CT molecular complexity index is 510. The first-order chi connectivity index (χ1) is 10.6. The third kappa shape index (κ3) is 6.68. The molecule has 0 aromatic carbocycles. The number of rotatable bonds is 6. The van der Waals surface area contributed by atoms with Gasteiger partial charge in [-0.2, -0.15) is 0 Å². The number of hydrogen-bond donors (Lipinski definition) is 2. The molecule has 0 saturated carbocycles. The molecule has 0 aliphatic carbocycles. The van der Waals surface area contributed by atoms with Crippen molar-refractivity contribution in [2.24, 2.45) is 4.99 Å². The Morgan fingerprint density at radius 1 is 1.52 bits per heavy atom. The summed E-state index contributed by atoms with van der Waals surface area (Å²) in [5.74, 6) is 1.17. The topological polar surface area (TPSA) is 67.8 Å². The molecule has 1 aromatic heterocycles. The van der Waals surface area contributed by atoms with Crippen LogP contribution >= 0.6 is 35.6 Å². The number of aliphatic imine (C=N–C) groups is 1. The average Bonchev–Trinajstić information content (AvgIpc) is 2.95. The zero-order chi connectivity index (χ0) is 15.8. The fourth-order valence-electron chi connectivity index (χ4n) is 2.26. The van der Waals surface area contributed by atoms with Gasteiger partial charge in [0.05, 0.1) is 12.1 Å². The van der Waals surface area contributed by atoms with Crippen molar-refractivity contribution in [3.63, 3.8) is 0 Å². The lowest BCUT2D eigenvalue weighted by molar-refractivity contribution is 0.0243. The van der Waals surface area contributed by atoms with Gasteiger partial charge >= 0.3 is 0 Å². The van der Waals surface area contributed by atoms with E-state index in [0.29, 0.717) is 24.1 Å². The molecule has 130 valence electrons. The molecule has 0 spiro atoms. The summed E-state index contributed by atoms with van der Waals surface area (Å²) < 4.78 is 11.3. The van der Waals surface area contributed by atoms with E-state index in [1.807, 2.05) is 0 Å². The maximum atomic E-state index is 5.97. The van der Waals surface area contributed by atoms with E-state index in [1.165, 1.54) is 0 Å². The van der Waals surface area contributed by atoms with Crippen molar-refractivity contribution in [1.29, 1.82) is 0 Å². The SMILES string of the molecule is CN=C(NCCOc1ncccc1Cl)NCC1(C)CCCO1.I. The number of nitrogens with one attached hydrogen (secondary N) is 2. The van der Waals surface area contributed by atoms with Crippen LogP contribution < -0.4 is 15.4 Å². The van der Waals surface area contributed by atoms with Gasteiger partial charge in [0.15, 0.2) is 5.96 Å². The predicted octanol–water partition coefficient (Wildman–Crippen LogP) is 2.47. The molecule has 2 heterocycles. The molecule has 1 unspecified atom stereocenters. The first-order valence-corrected chi connectivity index (χ1v) is 7.82. The van der Waals surface area contributed by atoms with E-state index in [4.69, 9.17) is 21.1 Å². The van der Waals surface area contributed by atoms with E-state index in [1.54, 1.807) is 25.4 Å². The van der Waals surface area contributed by atoms with Gasteiger partial charge in [0.25, 0.3) is 0 Å². The van der Waals surface area contributed by atoms with Crippen molar-refractivity contribution >= 4 is 41.5 Å². The van der Waals surface area contributed by atoms with Crippen LogP contribution in [0.5, 0.6) is 5.88 Å². The largest absolute Gasteiger partial charge is 0.475 e. The molecule has 2 N–H and O–H groups in total. The number of ether oxygens (including phenoxy) is 2. The van der Waals surface area contributed by atoms with Gasteiger partial charge in [-0.1, -0.05) is 11.6 Å². The summed E-state index contributed by atoms with van der Waals surface area (Å²) in [4.78, 5) is 8.25. The Morgan fingerprint density at radius 3 is 3.00 bits per heavy atom. The van der Waals surface area contributed by atoms with Crippen molar-refractivity contribution in [1.82, 2.24) is 15.6 Å². The molecule has 23 heavy (non-hydrogen) atoms. The zero-order valence-electron chi connectivity index (χ0n) is 13.5. The van der Waals surface area contributed by atoms with Crippen LogP contribution in [0, 0.1) is 0 Å². The Labute approximate surface area is 159 Å². The van der Waals surface area contributed by atoms with Crippen LogP contribution in [0.15, 0.2) is 23.3 Å². The Hall–Kier alpha value is -0.800. The van der Waals surface area contributed by atoms with E-state index < -0.39 is 0 Å². The minimum atomic E-state index is -0.102. The highest BCUT2D eigenvalue weighted by Crippen LogP contribution is 2.23. The molecule has 0 radical (unpaired) electrons. The van der Waals surface area contributed by atoms with E-state index in [9.17, 15) is 0 Å². The second kappa shape index (κ2) is 10.1. The third-order valence-corrected chi connectivity index (χ3v) is 3.80. The lowest BCUT2D eigenvalue weighted by Crippen LogP contribution is -2.46. The van der Waals surface area contributed by atoms with Crippen LogP contribution in [-0.2, 0) is 4.74 Å². The van der Waals surface area contributed by atoms with Crippen molar-refractivity contribution in [3.8, 4) is 5.88 Å². The molecule has 0 amide bonds. The first kappa shape index (κ1) is 20.2. The number of aromatic nitrogens is 1. The van der Waals surface area contributed by atoms with Gasteiger partial charge in [0, 0.05) is 26.4 Å². The first-order valence-electron chi connectivity index (χ1n) is 7.45. The highest BCUT2D eigenvalue weighted by Gasteiger charge is 2.29. The smallest absolute Gasteiger partial charge is 0.232 e. The Kier molecular flexibility index (Phi) is 8.93. The second-order valence-corrected chi connectivity index (χ2v) is 5.80. The molecule has 1 fully saturated rings. The fourth-order valence-corrected chi connectivity index (χ4v) is 2.44. The van der Waals surface area contributed by atoms with Gasteiger partial charge in [-0.25, -0.2) is 4.98 Å². The van der Waals surface area contributed by atoms with E-state index >= 15 is 0 Å². The second-order valence-electron chi connectivity index (χ2n) is 5.39. The number of guanidine groups is 1. The standard InChI is InChI=1S/C15H23ClN4O2.HI/c1-15(6-4-9-22-15)11-20-14(17-2)19-8-10-21-13-12(16)5-3-7-18-13;/h3,5,7H,4,6,8-11H2,1-2H3,(H2,17,19,20);1H. The Morgan fingerprint density at radius 2 is 2.35 bits per heavy atom. The highest BCUT2D eigenvalue weighted by molar-refractivity contribution is 14.0. The van der Waals surface area contributed by atoms with Crippen molar-refractivity contribution in [2.45, 2.75) is 25.4 Å². The molecule has 1 atom stereocenters. The molecular weight excluding hydrogens is 431 g/mol. The lowest BCUT2D eigenvalue weighted by Gasteiger charge is -2.24. The fraction of sp³-hybridized carbons (Fsp3) is 0.600. The number of pyridine rings is 1. The molecular formula is C15H24ClIN4O2. The summed E-state index contributed by atoms with van der Waals surface area (Å²) in [6, 6.07) is 3.52. The molecule has 1 aromatic rings. The third-order valence-electron chi connectivity index (χ3n) is 3.51. The van der Waals surface area contributed by atoms with Crippen molar-refractivity contribution in [3.05, 3.63) is 23.4 Å². The van der Waals surface area contributed by atoms with Crippen LogP contribution in [0.25, 0.3) is 0 Å². The van der Waals surface area contributed by atoms with Crippen LogP contribution in [0.4, 0.5) is 0 Å². The van der Waals surface area contributed by atoms with Crippen LogP contribution in [0.1, 0.15) is 19.8 Å². The van der Waals surface area contributed by atoms with Gasteiger partial charge in [0.2, 0.25) is 5.88 Å². The lowest BCUT2D eigenvalue weighted by atomic mass is 10.0. The Balaban J connectivity index is 0.00000264. The average molecular weight is 455 g/mol.